The number of imide groups is 2. The number of nitrogens with zero attached hydrogens (tertiary/aromatic N) is 4. The van der Waals surface area contributed by atoms with Crippen LogP contribution in [0, 0.1) is 11.8 Å². The van der Waals surface area contributed by atoms with E-state index in [1.54, 1.807) is 0 Å². The summed E-state index contributed by atoms with van der Waals surface area (Å²) in [7, 11) is 0. The van der Waals surface area contributed by atoms with Gasteiger partial charge in [-0.05, 0) is 88.0 Å². The van der Waals surface area contributed by atoms with Crippen molar-refractivity contribution in [1.82, 2.24) is 9.80 Å². The fourth-order valence-electron chi connectivity index (χ4n) is 6.90. The summed E-state index contributed by atoms with van der Waals surface area (Å²) in [6.07, 6.45) is 4.61. The zero-order valence-corrected chi connectivity index (χ0v) is 21.6. The molecule has 4 heterocycles. The monoisotopic (exact) mass is 514 g/mol. The largest absolute Gasteiger partial charge is 0.292 e. The van der Waals surface area contributed by atoms with E-state index in [1.807, 2.05) is 60.7 Å². The van der Waals surface area contributed by atoms with Gasteiger partial charge in [-0.1, -0.05) is 36.4 Å². The minimum Gasteiger partial charge on any atom is -0.292 e. The Labute approximate surface area is 223 Å². The third-order valence-electron chi connectivity index (χ3n) is 8.97. The highest BCUT2D eigenvalue weighted by molar-refractivity contribution is 6.23. The first kappa shape index (κ1) is 24.9. The molecule has 38 heavy (non-hydrogen) atoms. The van der Waals surface area contributed by atoms with Gasteiger partial charge in [0, 0.05) is 0 Å². The van der Waals surface area contributed by atoms with Crippen molar-refractivity contribution >= 4 is 35.0 Å². The lowest BCUT2D eigenvalue weighted by molar-refractivity contribution is -0.125. The number of para-hydroxylation sites is 2. The van der Waals surface area contributed by atoms with Gasteiger partial charge in [-0.15, -0.1) is 0 Å². The average Bonchev–Trinajstić information content (AvgIpc) is 3.43. The third kappa shape index (κ3) is 4.56. The van der Waals surface area contributed by atoms with E-state index in [2.05, 4.69) is 9.80 Å². The summed E-state index contributed by atoms with van der Waals surface area (Å²) in [6.45, 7) is 3.33. The zero-order chi connectivity index (χ0) is 26.2. The standard InChI is InChI=1S/C30H34N4O4/c35-27-19-25(29(37)33(27)23-7-3-1-4-8-23)31-15-11-21(12-16-31)22-13-17-32(18-14-22)26-20-28(36)34(30(26)38)24-9-5-2-6-10-24/h1-10,21-22,25-26H,11-20H2/t25-,26+. The number of carbonyl (C=O) groups excluding carboxylic acids is 4. The van der Waals surface area contributed by atoms with Crippen molar-refractivity contribution in [3.05, 3.63) is 60.7 Å². The molecule has 0 saturated carbocycles. The summed E-state index contributed by atoms with van der Waals surface area (Å²) in [5.41, 5.74) is 1.31. The molecule has 8 nitrogen and oxygen atoms in total. The maximum Gasteiger partial charge on any atom is 0.251 e. The van der Waals surface area contributed by atoms with Gasteiger partial charge in [-0.2, -0.15) is 0 Å². The van der Waals surface area contributed by atoms with Crippen molar-refractivity contribution in [1.29, 1.82) is 0 Å². The predicted molar refractivity (Wildman–Crippen MR) is 143 cm³/mol. The Kier molecular flexibility index (Phi) is 6.84. The predicted octanol–water partition coefficient (Wildman–Crippen LogP) is 3.07. The van der Waals surface area contributed by atoms with Gasteiger partial charge < -0.3 is 0 Å². The fourth-order valence-corrected chi connectivity index (χ4v) is 6.90. The molecule has 0 radical (unpaired) electrons. The first-order valence-electron chi connectivity index (χ1n) is 13.8. The van der Waals surface area contributed by atoms with Crippen LogP contribution in [0.15, 0.2) is 60.7 Å². The number of piperidine rings is 2. The van der Waals surface area contributed by atoms with Crippen molar-refractivity contribution in [3.63, 3.8) is 0 Å². The first-order chi connectivity index (χ1) is 18.5. The molecule has 4 fully saturated rings. The van der Waals surface area contributed by atoms with E-state index < -0.39 is 0 Å². The fraction of sp³-hybridized carbons (Fsp3) is 0.467. The molecule has 0 unspecified atom stereocenters. The van der Waals surface area contributed by atoms with Gasteiger partial charge in [0.15, 0.2) is 0 Å². The average molecular weight is 515 g/mol. The Balaban J connectivity index is 1.01. The van der Waals surface area contributed by atoms with E-state index in [0.717, 1.165) is 51.9 Å². The Morgan fingerprint density at radius 3 is 1.18 bits per heavy atom. The minimum atomic E-state index is -0.357. The second kappa shape index (κ2) is 10.4. The number of benzene rings is 2. The molecule has 2 aromatic rings. The van der Waals surface area contributed by atoms with Gasteiger partial charge in [-0.3, -0.25) is 29.0 Å². The Bertz CT molecular complexity index is 1110. The van der Waals surface area contributed by atoms with E-state index in [-0.39, 0.29) is 48.6 Å². The smallest absolute Gasteiger partial charge is 0.251 e. The number of hydrogen-bond acceptors (Lipinski definition) is 6. The molecule has 0 bridgehead atoms. The van der Waals surface area contributed by atoms with E-state index in [1.165, 1.54) is 9.80 Å². The second-order valence-electron chi connectivity index (χ2n) is 11.0. The summed E-state index contributed by atoms with van der Waals surface area (Å²) in [4.78, 5) is 58.7. The van der Waals surface area contributed by atoms with Gasteiger partial charge in [0.2, 0.25) is 11.8 Å². The third-order valence-corrected chi connectivity index (χ3v) is 8.97. The molecule has 198 valence electrons. The highest BCUT2D eigenvalue weighted by Crippen LogP contribution is 2.36. The van der Waals surface area contributed by atoms with Gasteiger partial charge >= 0.3 is 0 Å². The SMILES string of the molecule is O=C1C[C@@H](N2CCC(C3CCN([C@H]4CC(=O)N(c5ccccc5)C4=O)CC3)CC2)C(=O)N1c1ccccc1. The van der Waals surface area contributed by atoms with Crippen LogP contribution in [0.25, 0.3) is 0 Å². The van der Waals surface area contributed by atoms with Crippen molar-refractivity contribution in [2.24, 2.45) is 11.8 Å². The number of carbonyl (C=O) groups is 4. The van der Waals surface area contributed by atoms with E-state index >= 15 is 0 Å². The summed E-state index contributed by atoms with van der Waals surface area (Å²) < 4.78 is 0. The van der Waals surface area contributed by atoms with Crippen LogP contribution in [0.1, 0.15) is 38.5 Å². The van der Waals surface area contributed by atoms with Crippen LogP contribution in [-0.2, 0) is 19.2 Å². The van der Waals surface area contributed by atoms with Gasteiger partial charge in [0.05, 0.1) is 36.3 Å². The Morgan fingerprint density at radius 2 is 0.842 bits per heavy atom. The number of hydrogen-bond donors (Lipinski definition) is 0. The molecule has 4 aliphatic rings. The van der Waals surface area contributed by atoms with Crippen LogP contribution in [0.2, 0.25) is 0 Å². The van der Waals surface area contributed by atoms with Crippen molar-refractivity contribution in [2.45, 2.75) is 50.6 Å². The Morgan fingerprint density at radius 1 is 0.500 bits per heavy atom. The van der Waals surface area contributed by atoms with Crippen LogP contribution < -0.4 is 9.80 Å². The van der Waals surface area contributed by atoms with E-state index in [4.69, 9.17) is 0 Å². The van der Waals surface area contributed by atoms with Gasteiger partial charge in [-0.25, -0.2) is 9.80 Å². The van der Waals surface area contributed by atoms with Crippen LogP contribution in [0.4, 0.5) is 11.4 Å². The quantitative estimate of drug-likeness (QED) is 0.571. The zero-order valence-electron chi connectivity index (χ0n) is 21.6. The minimum absolute atomic E-state index is 0.103. The molecule has 0 spiro atoms. The summed E-state index contributed by atoms with van der Waals surface area (Å²) in [5.74, 6) is 0.736. The normalized spacial score (nSPS) is 26.6. The molecule has 6 rings (SSSR count). The number of anilines is 2. The lowest BCUT2D eigenvalue weighted by Crippen LogP contribution is -2.49. The maximum atomic E-state index is 13.1. The summed E-state index contributed by atoms with van der Waals surface area (Å²) in [5, 5.41) is 0. The Hall–Kier alpha value is -3.36. The molecule has 0 N–H and O–H groups in total. The van der Waals surface area contributed by atoms with E-state index in [0.29, 0.717) is 23.2 Å². The van der Waals surface area contributed by atoms with Crippen LogP contribution in [-0.4, -0.2) is 71.7 Å². The molecule has 0 aromatic heterocycles. The maximum absolute atomic E-state index is 13.1. The topological polar surface area (TPSA) is 81.2 Å². The molecule has 2 atom stereocenters. The first-order valence-corrected chi connectivity index (χ1v) is 13.8. The summed E-state index contributed by atoms with van der Waals surface area (Å²) in [6, 6.07) is 17.7. The molecule has 4 amide bonds. The molecule has 4 aliphatic heterocycles. The second-order valence-corrected chi connectivity index (χ2v) is 11.0. The van der Waals surface area contributed by atoms with Crippen LogP contribution in [0.3, 0.4) is 0 Å². The number of amides is 4. The molecular weight excluding hydrogens is 480 g/mol. The lowest BCUT2D eigenvalue weighted by Gasteiger charge is -2.42. The molecule has 2 aromatic carbocycles. The highest BCUT2D eigenvalue weighted by Gasteiger charge is 2.46. The van der Waals surface area contributed by atoms with Gasteiger partial charge in [0.25, 0.3) is 11.8 Å². The molecule has 4 saturated heterocycles. The van der Waals surface area contributed by atoms with Crippen molar-refractivity contribution in [3.8, 4) is 0 Å². The van der Waals surface area contributed by atoms with Crippen LogP contribution in [0.5, 0.6) is 0 Å². The van der Waals surface area contributed by atoms with Gasteiger partial charge in [0.1, 0.15) is 0 Å². The summed E-state index contributed by atoms with van der Waals surface area (Å²) >= 11 is 0. The lowest BCUT2D eigenvalue weighted by atomic mass is 9.78. The molecule has 8 heteroatoms. The number of rotatable bonds is 5. The van der Waals surface area contributed by atoms with Crippen molar-refractivity contribution < 1.29 is 19.2 Å². The molecule has 0 aliphatic carbocycles. The number of likely N-dealkylation sites (tertiary alicyclic amines) is 2. The van der Waals surface area contributed by atoms with E-state index in [9.17, 15) is 19.2 Å². The van der Waals surface area contributed by atoms with Crippen molar-refractivity contribution in [2.75, 3.05) is 36.0 Å². The molecular formula is C30H34N4O4. The highest BCUT2D eigenvalue weighted by atomic mass is 16.2. The van der Waals surface area contributed by atoms with Crippen LogP contribution >= 0.6 is 0 Å².